The number of benzene rings is 1. The predicted molar refractivity (Wildman–Crippen MR) is 82.9 cm³/mol. The van der Waals surface area contributed by atoms with Crippen molar-refractivity contribution in [2.75, 3.05) is 7.11 Å². The van der Waals surface area contributed by atoms with Crippen LogP contribution < -0.4 is 4.74 Å². The van der Waals surface area contributed by atoms with Crippen LogP contribution in [0.5, 0.6) is 5.75 Å². The van der Waals surface area contributed by atoms with Gasteiger partial charge in [0.05, 0.1) is 12.7 Å². The second kappa shape index (κ2) is 6.44. The van der Waals surface area contributed by atoms with Gasteiger partial charge in [-0.05, 0) is 32.4 Å². The number of hydrogen-bond acceptors (Lipinski definition) is 3. The number of allylic oxidation sites excluding steroid dienone is 2. The van der Waals surface area contributed by atoms with Crippen LogP contribution in [0.25, 0.3) is 0 Å². The quantitative estimate of drug-likeness (QED) is 0.473. The highest BCUT2D eigenvalue weighted by Crippen LogP contribution is 2.34. The highest BCUT2D eigenvalue weighted by molar-refractivity contribution is 5.93. The van der Waals surface area contributed by atoms with E-state index in [1.54, 1.807) is 0 Å². The fourth-order valence-electron chi connectivity index (χ4n) is 2.26. The molecule has 0 unspecified atom stereocenters. The Morgan fingerprint density at radius 2 is 1.71 bits per heavy atom. The molecule has 0 amide bonds. The van der Waals surface area contributed by atoms with Crippen molar-refractivity contribution in [2.24, 2.45) is 0 Å². The van der Waals surface area contributed by atoms with Gasteiger partial charge in [0, 0.05) is 12.0 Å². The molecule has 3 heteroatoms. The second-order valence-electron chi connectivity index (χ2n) is 5.20. The van der Waals surface area contributed by atoms with Crippen LogP contribution >= 0.6 is 0 Å². The van der Waals surface area contributed by atoms with E-state index in [2.05, 4.69) is 20.4 Å². The van der Waals surface area contributed by atoms with Gasteiger partial charge in [-0.25, -0.2) is 4.79 Å². The zero-order valence-corrected chi connectivity index (χ0v) is 12.7. The van der Waals surface area contributed by atoms with Crippen LogP contribution in [0.3, 0.4) is 0 Å². The Kier molecular flexibility index (Phi) is 4.63. The molecule has 0 saturated heterocycles. The molecule has 110 valence electrons. The molecule has 0 aromatic heterocycles. The molecule has 0 heterocycles. The van der Waals surface area contributed by atoms with E-state index >= 15 is 0 Å². The molecule has 0 radical (unpaired) electrons. The van der Waals surface area contributed by atoms with Gasteiger partial charge in [0.1, 0.15) is 11.5 Å². The summed E-state index contributed by atoms with van der Waals surface area (Å²) in [5.74, 6) is 1.13. The summed E-state index contributed by atoms with van der Waals surface area (Å²) in [5, 5.41) is 0. The van der Waals surface area contributed by atoms with Crippen molar-refractivity contribution < 1.29 is 14.3 Å². The Morgan fingerprint density at radius 3 is 2.33 bits per heavy atom. The molecule has 0 atom stereocenters. The third-order valence-electron chi connectivity index (χ3n) is 3.71. The van der Waals surface area contributed by atoms with Crippen LogP contribution in [0, 0.1) is 0 Å². The van der Waals surface area contributed by atoms with Crippen LogP contribution in [0.15, 0.2) is 65.0 Å². The largest absolute Gasteiger partial charge is 0.465 e. The second-order valence-corrected chi connectivity index (χ2v) is 5.20. The maximum absolute atomic E-state index is 11.8. The van der Waals surface area contributed by atoms with E-state index in [1.165, 1.54) is 18.3 Å². The minimum atomic E-state index is -0.411. The average Bonchev–Trinajstić information content (AvgIpc) is 2.50. The number of para-hydroxylation sites is 1. The van der Waals surface area contributed by atoms with Crippen LogP contribution in [0.1, 0.15) is 26.7 Å². The molecule has 1 aromatic rings. The Hall–Kier alpha value is -2.29. The van der Waals surface area contributed by atoms with Crippen molar-refractivity contribution in [3.63, 3.8) is 0 Å². The van der Waals surface area contributed by atoms with Crippen molar-refractivity contribution in [2.45, 2.75) is 26.7 Å². The van der Waals surface area contributed by atoms with Crippen molar-refractivity contribution >= 4 is 5.97 Å². The minimum Gasteiger partial charge on any atom is -0.465 e. The first-order valence-corrected chi connectivity index (χ1v) is 6.90. The summed E-state index contributed by atoms with van der Waals surface area (Å²) in [6.45, 7) is 8.02. The topological polar surface area (TPSA) is 35.5 Å². The smallest absolute Gasteiger partial charge is 0.337 e. The fourth-order valence-corrected chi connectivity index (χ4v) is 2.26. The summed E-state index contributed by atoms with van der Waals surface area (Å²) in [5.41, 5.74) is 3.71. The summed E-state index contributed by atoms with van der Waals surface area (Å²) < 4.78 is 10.8. The van der Waals surface area contributed by atoms with Gasteiger partial charge in [-0.2, -0.15) is 0 Å². The molecule has 1 aliphatic rings. The molecule has 0 N–H and O–H groups in total. The van der Waals surface area contributed by atoms with Gasteiger partial charge in [-0.1, -0.05) is 35.9 Å². The summed E-state index contributed by atoms with van der Waals surface area (Å²) >= 11 is 0. The van der Waals surface area contributed by atoms with E-state index in [4.69, 9.17) is 9.47 Å². The monoisotopic (exact) mass is 284 g/mol. The van der Waals surface area contributed by atoms with Crippen LogP contribution in [0.4, 0.5) is 0 Å². The number of esters is 1. The number of hydrogen-bond donors (Lipinski definition) is 0. The van der Waals surface area contributed by atoms with Gasteiger partial charge >= 0.3 is 5.97 Å². The first-order valence-electron chi connectivity index (χ1n) is 6.90. The lowest BCUT2D eigenvalue weighted by molar-refractivity contribution is -0.135. The van der Waals surface area contributed by atoms with E-state index < -0.39 is 5.97 Å². The number of ether oxygens (including phenoxy) is 2. The van der Waals surface area contributed by atoms with E-state index in [9.17, 15) is 4.79 Å². The van der Waals surface area contributed by atoms with Crippen LogP contribution in [-0.2, 0) is 9.53 Å². The number of methoxy groups -OCH3 is 1. The molecule has 3 nitrogen and oxygen atoms in total. The summed E-state index contributed by atoms with van der Waals surface area (Å²) in [7, 11) is 1.36. The first-order chi connectivity index (χ1) is 10.0. The molecule has 0 fully saturated rings. The van der Waals surface area contributed by atoms with Crippen molar-refractivity contribution in [1.29, 1.82) is 0 Å². The van der Waals surface area contributed by atoms with E-state index in [0.29, 0.717) is 18.4 Å². The number of rotatable bonds is 4. The molecule has 2 rings (SSSR count). The van der Waals surface area contributed by atoms with Crippen LogP contribution in [-0.4, -0.2) is 13.1 Å². The molecular formula is C18H20O3. The zero-order valence-electron chi connectivity index (χ0n) is 12.7. The Labute approximate surface area is 125 Å². The molecular weight excluding hydrogens is 264 g/mol. The summed E-state index contributed by atoms with van der Waals surface area (Å²) in [6, 6.07) is 9.56. The number of carbonyl (C=O) groups excluding carboxylic acids is 1. The predicted octanol–water partition coefficient (Wildman–Crippen LogP) is 4.18. The zero-order chi connectivity index (χ0) is 15.4. The van der Waals surface area contributed by atoms with Gasteiger partial charge in [0.2, 0.25) is 0 Å². The van der Waals surface area contributed by atoms with Crippen LogP contribution in [0.2, 0.25) is 0 Å². The molecule has 0 bridgehead atoms. The molecule has 1 aromatic carbocycles. The summed E-state index contributed by atoms with van der Waals surface area (Å²) in [6.07, 6.45) is 1.36. The van der Waals surface area contributed by atoms with Crippen molar-refractivity contribution in [3.05, 3.63) is 65.0 Å². The molecule has 0 spiro atoms. The highest BCUT2D eigenvalue weighted by atomic mass is 16.5. The normalized spacial score (nSPS) is 15.0. The third-order valence-corrected chi connectivity index (χ3v) is 3.71. The van der Waals surface area contributed by atoms with Gasteiger partial charge in [0.25, 0.3) is 0 Å². The Bertz CT molecular complexity index is 621. The lowest BCUT2D eigenvalue weighted by Crippen LogP contribution is -2.14. The number of carbonyl (C=O) groups is 1. The average molecular weight is 284 g/mol. The Balaban J connectivity index is 2.34. The van der Waals surface area contributed by atoms with Gasteiger partial charge in [0.15, 0.2) is 0 Å². The molecule has 0 aliphatic heterocycles. The van der Waals surface area contributed by atoms with Gasteiger partial charge < -0.3 is 9.47 Å². The standard InChI is InChI=1S/C18H20O3/c1-12-10-16(14(3)18(19)20-4)17(11-13(12)2)21-15-8-6-5-7-9-15/h5-9H,3,10-11H2,1-2,4H3. The van der Waals surface area contributed by atoms with Gasteiger partial charge in [-0.3, -0.25) is 0 Å². The van der Waals surface area contributed by atoms with E-state index in [1.807, 2.05) is 30.3 Å². The van der Waals surface area contributed by atoms with Crippen molar-refractivity contribution in [1.82, 2.24) is 0 Å². The maximum atomic E-state index is 11.8. The molecule has 0 saturated carbocycles. The Morgan fingerprint density at radius 1 is 1.10 bits per heavy atom. The SMILES string of the molecule is C=C(C(=O)OC)C1=C(Oc2ccccc2)CC(C)=C(C)C1. The summed E-state index contributed by atoms with van der Waals surface area (Å²) in [4.78, 5) is 11.8. The molecule has 21 heavy (non-hydrogen) atoms. The molecule has 1 aliphatic carbocycles. The van der Waals surface area contributed by atoms with E-state index in [-0.39, 0.29) is 0 Å². The minimum absolute atomic E-state index is 0.371. The third kappa shape index (κ3) is 3.43. The van der Waals surface area contributed by atoms with Gasteiger partial charge in [-0.15, -0.1) is 0 Å². The lowest BCUT2D eigenvalue weighted by atomic mass is 9.88. The van der Waals surface area contributed by atoms with Crippen molar-refractivity contribution in [3.8, 4) is 5.75 Å². The maximum Gasteiger partial charge on any atom is 0.337 e. The first kappa shape index (κ1) is 15.1. The highest BCUT2D eigenvalue weighted by Gasteiger charge is 2.23. The fraction of sp³-hybridized carbons (Fsp3) is 0.278. The van der Waals surface area contributed by atoms with E-state index in [0.717, 1.165) is 17.1 Å². The lowest BCUT2D eigenvalue weighted by Gasteiger charge is -2.23.